The van der Waals surface area contributed by atoms with Crippen LogP contribution >= 0.6 is 11.8 Å². The van der Waals surface area contributed by atoms with E-state index in [-0.39, 0.29) is 17.5 Å². The predicted octanol–water partition coefficient (Wildman–Crippen LogP) is 3.76. The summed E-state index contributed by atoms with van der Waals surface area (Å²) >= 11 is 1.35. The summed E-state index contributed by atoms with van der Waals surface area (Å²) in [5.41, 5.74) is 1.89. The molecule has 0 atom stereocenters. The standard InChI is InChI=1S/C20H21FN4OS/c1-3-25(13-15-7-5-4-6-8-15)18(26)14-27-20-23-22-19(24(20)2)16-9-11-17(21)12-10-16/h4-12H,3,13-14H2,1-2H3. The number of carbonyl (C=O) groups excluding carboxylic acids is 1. The van der Waals surface area contributed by atoms with Gasteiger partial charge in [-0.05, 0) is 36.8 Å². The molecule has 0 fully saturated rings. The van der Waals surface area contributed by atoms with E-state index in [1.807, 2.05) is 53.8 Å². The SMILES string of the molecule is CCN(Cc1ccccc1)C(=O)CSc1nnc(-c2ccc(F)cc2)n1C. The lowest BCUT2D eigenvalue weighted by Crippen LogP contribution is -2.31. The number of carbonyl (C=O) groups is 1. The molecule has 0 radical (unpaired) electrons. The van der Waals surface area contributed by atoms with Crippen LogP contribution in [0, 0.1) is 5.82 Å². The van der Waals surface area contributed by atoms with Gasteiger partial charge < -0.3 is 9.47 Å². The second-order valence-corrected chi connectivity index (χ2v) is 7.00. The maximum absolute atomic E-state index is 13.1. The molecule has 0 saturated heterocycles. The number of amides is 1. The van der Waals surface area contributed by atoms with Gasteiger partial charge in [0.05, 0.1) is 5.75 Å². The summed E-state index contributed by atoms with van der Waals surface area (Å²) < 4.78 is 14.9. The molecule has 0 bridgehead atoms. The minimum atomic E-state index is -0.292. The van der Waals surface area contributed by atoms with Crippen LogP contribution < -0.4 is 0 Å². The van der Waals surface area contributed by atoms with E-state index in [0.717, 1.165) is 11.1 Å². The Bertz CT molecular complexity index is 896. The normalized spacial score (nSPS) is 10.8. The summed E-state index contributed by atoms with van der Waals surface area (Å²) in [5.74, 6) is 0.689. The van der Waals surface area contributed by atoms with Gasteiger partial charge >= 0.3 is 0 Å². The fraction of sp³-hybridized carbons (Fsp3) is 0.250. The minimum Gasteiger partial charge on any atom is -0.338 e. The van der Waals surface area contributed by atoms with Crippen molar-refractivity contribution in [2.45, 2.75) is 18.6 Å². The van der Waals surface area contributed by atoms with Crippen LogP contribution in [0.1, 0.15) is 12.5 Å². The van der Waals surface area contributed by atoms with Crippen molar-refractivity contribution in [2.75, 3.05) is 12.3 Å². The lowest BCUT2D eigenvalue weighted by molar-refractivity contribution is -0.128. The number of nitrogens with zero attached hydrogens (tertiary/aromatic N) is 4. The zero-order valence-electron chi connectivity index (χ0n) is 15.3. The van der Waals surface area contributed by atoms with Crippen molar-refractivity contribution in [1.29, 1.82) is 0 Å². The zero-order valence-corrected chi connectivity index (χ0v) is 16.1. The summed E-state index contributed by atoms with van der Waals surface area (Å²) in [4.78, 5) is 14.4. The van der Waals surface area contributed by atoms with Gasteiger partial charge in [-0.15, -0.1) is 10.2 Å². The third-order valence-electron chi connectivity index (χ3n) is 4.21. The van der Waals surface area contributed by atoms with Crippen molar-refractivity contribution < 1.29 is 9.18 Å². The highest BCUT2D eigenvalue weighted by Gasteiger charge is 2.16. The van der Waals surface area contributed by atoms with Crippen molar-refractivity contribution in [3.63, 3.8) is 0 Å². The highest BCUT2D eigenvalue weighted by atomic mass is 32.2. The minimum absolute atomic E-state index is 0.0534. The first-order valence-corrected chi connectivity index (χ1v) is 9.67. The molecule has 0 aliphatic heterocycles. The van der Waals surface area contributed by atoms with Gasteiger partial charge in [-0.2, -0.15) is 0 Å². The van der Waals surface area contributed by atoms with E-state index in [0.29, 0.717) is 24.1 Å². The van der Waals surface area contributed by atoms with Gasteiger partial charge in [-0.3, -0.25) is 4.79 Å². The Morgan fingerprint density at radius 1 is 1.11 bits per heavy atom. The van der Waals surface area contributed by atoms with E-state index in [1.165, 1.54) is 23.9 Å². The second kappa shape index (κ2) is 8.81. The van der Waals surface area contributed by atoms with E-state index < -0.39 is 0 Å². The van der Waals surface area contributed by atoms with Crippen molar-refractivity contribution in [3.8, 4) is 11.4 Å². The average molecular weight is 384 g/mol. The highest BCUT2D eigenvalue weighted by Crippen LogP contribution is 2.23. The summed E-state index contributed by atoms with van der Waals surface area (Å²) in [6.45, 7) is 3.21. The molecule has 0 unspecified atom stereocenters. The third kappa shape index (κ3) is 4.74. The van der Waals surface area contributed by atoms with E-state index in [1.54, 1.807) is 12.1 Å². The molecule has 3 rings (SSSR count). The molecule has 2 aromatic carbocycles. The lowest BCUT2D eigenvalue weighted by Gasteiger charge is -2.20. The smallest absolute Gasteiger partial charge is 0.233 e. The quantitative estimate of drug-likeness (QED) is 0.582. The topological polar surface area (TPSA) is 51.0 Å². The lowest BCUT2D eigenvalue weighted by atomic mass is 10.2. The van der Waals surface area contributed by atoms with Crippen LogP contribution in [-0.4, -0.2) is 37.9 Å². The van der Waals surface area contributed by atoms with Gasteiger partial charge in [0, 0.05) is 25.7 Å². The molecular formula is C20H21FN4OS. The van der Waals surface area contributed by atoms with Crippen LogP contribution in [0.5, 0.6) is 0 Å². The van der Waals surface area contributed by atoms with Crippen LogP contribution in [0.15, 0.2) is 59.8 Å². The molecule has 0 spiro atoms. The average Bonchev–Trinajstić information content (AvgIpc) is 3.06. The number of aromatic nitrogens is 3. The Morgan fingerprint density at radius 3 is 2.48 bits per heavy atom. The maximum atomic E-state index is 13.1. The van der Waals surface area contributed by atoms with Crippen molar-refractivity contribution >= 4 is 17.7 Å². The number of thioether (sulfide) groups is 1. The molecule has 1 amide bonds. The molecule has 27 heavy (non-hydrogen) atoms. The van der Waals surface area contributed by atoms with E-state index in [4.69, 9.17) is 0 Å². The van der Waals surface area contributed by atoms with E-state index in [2.05, 4.69) is 10.2 Å². The first-order chi connectivity index (χ1) is 13.1. The Hall–Kier alpha value is -2.67. The molecule has 0 N–H and O–H groups in total. The molecule has 1 aromatic heterocycles. The zero-order chi connectivity index (χ0) is 19.2. The predicted molar refractivity (Wildman–Crippen MR) is 105 cm³/mol. The fourth-order valence-electron chi connectivity index (χ4n) is 2.69. The largest absolute Gasteiger partial charge is 0.338 e. The number of rotatable bonds is 7. The van der Waals surface area contributed by atoms with Crippen molar-refractivity contribution in [2.24, 2.45) is 7.05 Å². The molecule has 5 nitrogen and oxygen atoms in total. The molecule has 0 aliphatic carbocycles. The fourth-order valence-corrected chi connectivity index (χ4v) is 3.50. The number of hydrogen-bond donors (Lipinski definition) is 0. The molecule has 3 aromatic rings. The molecular weight excluding hydrogens is 363 g/mol. The van der Waals surface area contributed by atoms with Crippen LogP contribution in [-0.2, 0) is 18.4 Å². The van der Waals surface area contributed by atoms with Gasteiger partial charge in [0.2, 0.25) is 5.91 Å². The summed E-state index contributed by atoms with van der Waals surface area (Å²) in [6.07, 6.45) is 0. The second-order valence-electron chi connectivity index (χ2n) is 6.05. The molecule has 0 saturated carbocycles. The van der Waals surface area contributed by atoms with Gasteiger partial charge in [0.15, 0.2) is 11.0 Å². The molecule has 0 aliphatic rings. The Balaban J connectivity index is 1.64. The van der Waals surface area contributed by atoms with Gasteiger partial charge in [0.25, 0.3) is 0 Å². The number of benzene rings is 2. The summed E-state index contributed by atoms with van der Waals surface area (Å²) in [6, 6.07) is 16.0. The van der Waals surface area contributed by atoms with Gasteiger partial charge in [-0.25, -0.2) is 4.39 Å². The molecule has 140 valence electrons. The van der Waals surface area contributed by atoms with Gasteiger partial charge in [0.1, 0.15) is 5.82 Å². The first kappa shape index (κ1) is 19.1. The summed E-state index contributed by atoms with van der Waals surface area (Å²) in [5, 5.41) is 8.99. The Labute approximate surface area is 162 Å². The molecule has 1 heterocycles. The van der Waals surface area contributed by atoms with E-state index in [9.17, 15) is 9.18 Å². The highest BCUT2D eigenvalue weighted by molar-refractivity contribution is 7.99. The maximum Gasteiger partial charge on any atom is 0.233 e. The van der Waals surface area contributed by atoms with E-state index >= 15 is 0 Å². The first-order valence-electron chi connectivity index (χ1n) is 8.68. The Morgan fingerprint density at radius 2 is 1.81 bits per heavy atom. The Kier molecular flexibility index (Phi) is 6.24. The monoisotopic (exact) mass is 384 g/mol. The van der Waals surface area contributed by atoms with Crippen LogP contribution in [0.25, 0.3) is 11.4 Å². The third-order valence-corrected chi connectivity index (χ3v) is 5.22. The number of hydrogen-bond acceptors (Lipinski definition) is 4. The van der Waals surface area contributed by atoms with Crippen LogP contribution in [0.4, 0.5) is 4.39 Å². The van der Waals surface area contributed by atoms with Crippen LogP contribution in [0.2, 0.25) is 0 Å². The van der Waals surface area contributed by atoms with Crippen LogP contribution in [0.3, 0.4) is 0 Å². The molecule has 7 heteroatoms. The van der Waals surface area contributed by atoms with Crippen molar-refractivity contribution in [3.05, 3.63) is 66.0 Å². The van der Waals surface area contributed by atoms with Crippen molar-refractivity contribution in [1.82, 2.24) is 19.7 Å². The summed E-state index contributed by atoms with van der Waals surface area (Å²) in [7, 11) is 1.84. The van der Waals surface area contributed by atoms with Gasteiger partial charge in [-0.1, -0.05) is 42.1 Å². The number of halogens is 1.